The molecule has 144 valence electrons. The third-order valence-corrected chi connectivity index (χ3v) is 6.32. The fourth-order valence-corrected chi connectivity index (χ4v) is 4.05. The lowest BCUT2D eigenvalue weighted by molar-refractivity contribution is -0.146. The highest BCUT2D eigenvalue weighted by molar-refractivity contribution is 7.91. The van der Waals surface area contributed by atoms with Crippen molar-refractivity contribution in [2.75, 3.05) is 37.9 Å². The lowest BCUT2D eigenvalue weighted by Gasteiger charge is -2.20. The van der Waals surface area contributed by atoms with Gasteiger partial charge in [0.15, 0.2) is 9.84 Å². The largest absolute Gasteiger partial charge is 0.481 e. The first kappa shape index (κ1) is 20.2. The second-order valence-corrected chi connectivity index (χ2v) is 8.77. The molecule has 0 radical (unpaired) electrons. The summed E-state index contributed by atoms with van der Waals surface area (Å²) in [5.41, 5.74) is -0.480. The number of carbonyl (C=O) groups is 2. The minimum Gasteiger partial charge on any atom is -0.481 e. The summed E-state index contributed by atoms with van der Waals surface area (Å²) in [5, 5.41) is 11.9. The molecule has 0 saturated carbocycles. The number of likely N-dealkylation sites (tertiary alicyclic amines) is 1. The Morgan fingerprint density at radius 3 is 2.50 bits per heavy atom. The number of carboxylic acid groups (broad SMARTS) is 1. The first-order valence-corrected chi connectivity index (χ1v) is 9.94. The Balaban J connectivity index is 1.97. The fraction of sp³-hybridized carbons (Fsp3) is 0.529. The molecule has 1 aromatic rings. The van der Waals surface area contributed by atoms with Gasteiger partial charge in [-0.25, -0.2) is 13.2 Å². The molecule has 0 aromatic heterocycles. The molecule has 1 unspecified atom stereocenters. The van der Waals surface area contributed by atoms with Gasteiger partial charge in [0.1, 0.15) is 0 Å². The summed E-state index contributed by atoms with van der Waals surface area (Å²) in [6.45, 7) is 2.49. The van der Waals surface area contributed by atoms with Gasteiger partial charge in [-0.05, 0) is 44.0 Å². The zero-order chi connectivity index (χ0) is 19.4. The van der Waals surface area contributed by atoms with E-state index in [9.17, 15) is 23.1 Å². The number of carbonyl (C=O) groups excluding carboxylic acids is 1. The van der Waals surface area contributed by atoms with Gasteiger partial charge in [0.05, 0.1) is 16.1 Å². The Morgan fingerprint density at radius 2 is 1.96 bits per heavy atom. The number of rotatable bonds is 7. The van der Waals surface area contributed by atoms with Crippen molar-refractivity contribution in [1.29, 1.82) is 0 Å². The van der Waals surface area contributed by atoms with Gasteiger partial charge >= 0.3 is 12.0 Å². The Morgan fingerprint density at radius 1 is 1.31 bits per heavy atom. The van der Waals surface area contributed by atoms with E-state index >= 15 is 0 Å². The molecule has 2 amide bonds. The summed E-state index contributed by atoms with van der Waals surface area (Å²) < 4.78 is 29.2. The number of hydrogen-bond donors (Lipinski definition) is 2. The number of hydrogen-bond acceptors (Lipinski definition) is 5. The highest BCUT2D eigenvalue weighted by Gasteiger charge is 2.42. The molecule has 0 spiro atoms. The van der Waals surface area contributed by atoms with Crippen molar-refractivity contribution in [2.45, 2.75) is 24.7 Å². The second-order valence-electron chi connectivity index (χ2n) is 6.66. The maximum absolute atomic E-state index is 12.3. The van der Waals surface area contributed by atoms with Gasteiger partial charge in [-0.1, -0.05) is 0 Å². The lowest BCUT2D eigenvalue weighted by atomic mass is 9.90. The molecule has 1 aliphatic heterocycles. The molecular formula is C17H24N2O6S. The average Bonchev–Trinajstić information content (AvgIpc) is 2.99. The normalized spacial score (nSPS) is 20.2. The summed E-state index contributed by atoms with van der Waals surface area (Å²) in [6.07, 6.45) is 0.809. The first-order chi connectivity index (χ1) is 12.2. The molecule has 1 fully saturated rings. The number of nitrogens with zero attached hydrogens (tertiary/aromatic N) is 1. The van der Waals surface area contributed by atoms with Crippen LogP contribution in [0.4, 0.5) is 10.5 Å². The van der Waals surface area contributed by atoms with Crippen molar-refractivity contribution in [3.63, 3.8) is 0 Å². The second kappa shape index (κ2) is 8.05. The molecule has 9 heteroatoms. The molecular weight excluding hydrogens is 360 g/mol. The van der Waals surface area contributed by atoms with Crippen molar-refractivity contribution >= 4 is 27.5 Å². The van der Waals surface area contributed by atoms with Gasteiger partial charge in [-0.2, -0.15) is 0 Å². The predicted octanol–water partition coefficient (Wildman–Crippen LogP) is 1.83. The van der Waals surface area contributed by atoms with Crippen LogP contribution in [-0.4, -0.2) is 63.0 Å². The molecule has 0 bridgehead atoms. The number of sulfone groups is 1. The molecule has 1 heterocycles. The maximum atomic E-state index is 12.3. The lowest BCUT2D eigenvalue weighted by Crippen LogP contribution is -2.37. The third-order valence-electron chi connectivity index (χ3n) is 4.50. The van der Waals surface area contributed by atoms with E-state index in [2.05, 4.69) is 5.32 Å². The summed E-state index contributed by atoms with van der Waals surface area (Å²) in [6, 6.07) is 5.54. The van der Waals surface area contributed by atoms with Gasteiger partial charge in [0.2, 0.25) is 0 Å². The van der Waals surface area contributed by atoms with Crippen LogP contribution in [0, 0.1) is 5.41 Å². The number of nitrogens with one attached hydrogen (secondary N) is 1. The van der Waals surface area contributed by atoms with Crippen LogP contribution in [-0.2, 0) is 19.4 Å². The van der Waals surface area contributed by atoms with E-state index in [1.807, 2.05) is 0 Å². The van der Waals surface area contributed by atoms with Crippen LogP contribution in [0.2, 0.25) is 0 Å². The first-order valence-electron chi connectivity index (χ1n) is 8.29. The third kappa shape index (κ3) is 4.73. The zero-order valence-electron chi connectivity index (χ0n) is 14.9. The molecule has 1 saturated heterocycles. The van der Waals surface area contributed by atoms with E-state index in [-0.39, 0.29) is 17.2 Å². The SMILES string of the molecule is COCCCS(=O)(=O)c1ccc(NC(=O)N2CCC(C)(C(=O)O)C2)cc1. The van der Waals surface area contributed by atoms with E-state index in [0.29, 0.717) is 31.7 Å². The number of methoxy groups -OCH3 is 1. The van der Waals surface area contributed by atoms with Crippen LogP contribution in [0.1, 0.15) is 19.8 Å². The minimum absolute atomic E-state index is 0.00586. The molecule has 1 atom stereocenters. The Hall–Kier alpha value is -2.13. The van der Waals surface area contributed by atoms with Crippen LogP contribution >= 0.6 is 0 Å². The van der Waals surface area contributed by atoms with Crippen molar-refractivity contribution in [1.82, 2.24) is 4.90 Å². The van der Waals surface area contributed by atoms with E-state index in [1.165, 1.54) is 36.3 Å². The number of anilines is 1. The summed E-state index contributed by atoms with van der Waals surface area (Å²) in [5.74, 6) is -0.926. The molecule has 1 aliphatic rings. The van der Waals surface area contributed by atoms with Crippen LogP contribution in [0.25, 0.3) is 0 Å². The molecule has 26 heavy (non-hydrogen) atoms. The molecule has 1 aromatic carbocycles. The molecule has 2 rings (SSSR count). The Bertz CT molecular complexity index is 762. The molecule has 8 nitrogen and oxygen atoms in total. The zero-order valence-corrected chi connectivity index (χ0v) is 15.7. The van der Waals surface area contributed by atoms with Crippen molar-refractivity contribution in [3.8, 4) is 0 Å². The number of carboxylic acids is 1. The quantitative estimate of drug-likeness (QED) is 0.694. The smallest absolute Gasteiger partial charge is 0.321 e. The molecule has 2 N–H and O–H groups in total. The van der Waals surface area contributed by atoms with Crippen molar-refractivity contribution in [3.05, 3.63) is 24.3 Å². The summed E-state index contributed by atoms with van der Waals surface area (Å²) in [7, 11) is -1.87. The Labute approximate surface area is 153 Å². The van der Waals surface area contributed by atoms with E-state index < -0.39 is 27.3 Å². The van der Waals surface area contributed by atoms with Gasteiger partial charge < -0.3 is 20.1 Å². The van der Waals surface area contributed by atoms with E-state index in [4.69, 9.17) is 4.74 Å². The van der Waals surface area contributed by atoms with E-state index in [1.54, 1.807) is 6.92 Å². The van der Waals surface area contributed by atoms with Gasteiger partial charge in [0, 0.05) is 32.5 Å². The monoisotopic (exact) mass is 384 g/mol. The van der Waals surface area contributed by atoms with Crippen LogP contribution < -0.4 is 5.32 Å². The topological polar surface area (TPSA) is 113 Å². The van der Waals surface area contributed by atoms with Gasteiger partial charge in [0.25, 0.3) is 0 Å². The van der Waals surface area contributed by atoms with Crippen LogP contribution in [0.15, 0.2) is 29.2 Å². The Kier molecular flexibility index (Phi) is 6.25. The maximum Gasteiger partial charge on any atom is 0.321 e. The van der Waals surface area contributed by atoms with Crippen LogP contribution in [0.3, 0.4) is 0 Å². The highest BCUT2D eigenvalue weighted by atomic mass is 32.2. The van der Waals surface area contributed by atoms with Crippen molar-refractivity contribution in [2.24, 2.45) is 5.41 Å². The highest BCUT2D eigenvalue weighted by Crippen LogP contribution is 2.30. The molecule has 0 aliphatic carbocycles. The number of aliphatic carboxylic acids is 1. The van der Waals surface area contributed by atoms with E-state index in [0.717, 1.165) is 0 Å². The summed E-state index contributed by atoms with van der Waals surface area (Å²) in [4.78, 5) is 25.2. The van der Waals surface area contributed by atoms with Crippen LogP contribution in [0.5, 0.6) is 0 Å². The summed E-state index contributed by atoms with van der Waals surface area (Å²) >= 11 is 0. The number of amides is 2. The number of benzene rings is 1. The van der Waals surface area contributed by atoms with Gasteiger partial charge in [-0.3, -0.25) is 4.79 Å². The number of urea groups is 1. The average molecular weight is 384 g/mol. The number of ether oxygens (including phenoxy) is 1. The predicted molar refractivity (Wildman–Crippen MR) is 95.9 cm³/mol. The standard InChI is InChI=1S/C17H24N2O6S/c1-17(15(20)21)8-9-19(12-17)16(22)18-13-4-6-14(7-5-13)26(23,24)11-3-10-25-2/h4-7H,3,8-12H2,1-2H3,(H,18,22)(H,20,21). The minimum atomic E-state index is -3.39. The van der Waals surface area contributed by atoms with Gasteiger partial charge in [-0.15, -0.1) is 0 Å². The van der Waals surface area contributed by atoms with Crippen molar-refractivity contribution < 1.29 is 27.9 Å². The fourth-order valence-electron chi connectivity index (χ4n) is 2.77.